The number of nitrogens with one attached hydrogen (secondary N) is 2. The van der Waals surface area contributed by atoms with Gasteiger partial charge in [0.1, 0.15) is 6.33 Å². The molecule has 2 aromatic rings. The summed E-state index contributed by atoms with van der Waals surface area (Å²) in [6, 6.07) is 8.24. The first-order valence-electron chi connectivity index (χ1n) is 11.3. The van der Waals surface area contributed by atoms with Crippen molar-refractivity contribution >= 4 is 34.2 Å². The zero-order valence-corrected chi connectivity index (χ0v) is 20.7. The van der Waals surface area contributed by atoms with Gasteiger partial charge in [0.15, 0.2) is 5.82 Å². The van der Waals surface area contributed by atoms with Crippen molar-refractivity contribution in [2.75, 3.05) is 13.1 Å². The molecule has 1 fully saturated rings. The number of aromatic amines is 1. The lowest BCUT2D eigenvalue weighted by Crippen LogP contribution is -2.27. The average molecular weight is 497 g/mol. The van der Waals surface area contributed by atoms with E-state index < -0.39 is 0 Å². The minimum atomic E-state index is -0.158. The van der Waals surface area contributed by atoms with E-state index in [-0.39, 0.29) is 17.2 Å². The van der Waals surface area contributed by atoms with E-state index in [9.17, 15) is 4.79 Å². The Hall–Kier alpha value is -2.81. The van der Waals surface area contributed by atoms with Gasteiger partial charge in [-0.25, -0.2) is 0 Å². The number of likely N-dealkylation sites (tertiary alicyclic amines) is 1. The Morgan fingerprint density at radius 2 is 2.09 bits per heavy atom. The molecule has 0 spiro atoms. The number of H-pyrrole nitrogens is 1. The molecule has 2 aliphatic rings. The van der Waals surface area contributed by atoms with Crippen LogP contribution in [0.1, 0.15) is 43.6 Å². The van der Waals surface area contributed by atoms with E-state index in [2.05, 4.69) is 44.1 Å². The molecule has 2 aliphatic heterocycles. The van der Waals surface area contributed by atoms with E-state index in [1.165, 1.54) is 37.1 Å². The van der Waals surface area contributed by atoms with Crippen molar-refractivity contribution in [1.29, 1.82) is 0 Å². The standard InChI is InChI=1S/C25H29ClN6OS/c1-16(30-17(2)33)13-19(9-10-27)22-14-21(24(34-22)25-28-15-29-31-25)23(32-11-3-4-12-32)18-5-7-20(26)8-6-18/h5-10,13,15,22-23H,1,3-4,11-12,14,27H2,2H3,(H,30,33)(H,28,29,31)/b10-9-,19-13+. The second-order valence-corrected chi connectivity index (χ2v) is 10.1. The molecule has 0 aliphatic carbocycles. The maximum absolute atomic E-state index is 11.5. The number of benzene rings is 1. The van der Waals surface area contributed by atoms with Crippen molar-refractivity contribution in [3.8, 4) is 0 Å². The molecule has 7 nitrogen and oxygen atoms in total. The Balaban J connectivity index is 1.75. The fraction of sp³-hybridized carbons (Fsp3) is 0.320. The molecule has 4 N–H and O–H groups in total. The van der Waals surface area contributed by atoms with Crippen LogP contribution >= 0.6 is 23.4 Å². The summed E-state index contributed by atoms with van der Waals surface area (Å²) in [7, 11) is 0. The lowest BCUT2D eigenvalue weighted by Gasteiger charge is -2.30. The highest BCUT2D eigenvalue weighted by Gasteiger charge is 2.37. The maximum atomic E-state index is 11.5. The second-order valence-electron chi connectivity index (χ2n) is 8.41. The molecule has 0 radical (unpaired) electrons. The van der Waals surface area contributed by atoms with Crippen LogP contribution in [0.25, 0.3) is 4.91 Å². The van der Waals surface area contributed by atoms with Gasteiger partial charge in [0.25, 0.3) is 0 Å². The first-order chi connectivity index (χ1) is 16.5. The van der Waals surface area contributed by atoms with Crippen LogP contribution in [0.2, 0.25) is 5.02 Å². The van der Waals surface area contributed by atoms with Gasteiger partial charge in [-0.15, -0.1) is 22.0 Å². The van der Waals surface area contributed by atoms with Gasteiger partial charge in [-0.3, -0.25) is 9.69 Å². The van der Waals surface area contributed by atoms with Gasteiger partial charge >= 0.3 is 0 Å². The number of allylic oxidation sites excluding steroid dienone is 2. The first-order valence-corrected chi connectivity index (χ1v) is 12.5. The minimum Gasteiger partial charge on any atom is -0.405 e. The molecule has 0 bridgehead atoms. The van der Waals surface area contributed by atoms with E-state index in [1.54, 1.807) is 18.1 Å². The summed E-state index contributed by atoms with van der Waals surface area (Å²) in [5.41, 5.74) is 9.80. The summed E-state index contributed by atoms with van der Waals surface area (Å²) in [4.78, 5) is 18.3. The van der Waals surface area contributed by atoms with Crippen LogP contribution in [0, 0.1) is 0 Å². The number of nitrogens with zero attached hydrogens (tertiary/aromatic N) is 3. The summed E-state index contributed by atoms with van der Waals surface area (Å²) in [6.45, 7) is 7.53. The molecule has 4 rings (SSSR count). The number of halogens is 1. The summed E-state index contributed by atoms with van der Waals surface area (Å²) < 4.78 is 0. The van der Waals surface area contributed by atoms with E-state index in [0.29, 0.717) is 5.70 Å². The molecule has 2 atom stereocenters. The summed E-state index contributed by atoms with van der Waals surface area (Å²) >= 11 is 7.95. The smallest absolute Gasteiger partial charge is 0.221 e. The molecule has 1 saturated heterocycles. The molecule has 3 heterocycles. The molecule has 9 heteroatoms. The zero-order chi connectivity index (χ0) is 24.1. The number of carbonyl (C=O) groups excluding carboxylic acids is 1. The molecule has 34 heavy (non-hydrogen) atoms. The number of nitrogens with two attached hydrogens (primary N) is 1. The third-order valence-corrected chi connectivity index (χ3v) is 7.62. The minimum absolute atomic E-state index is 0.0813. The predicted octanol–water partition coefficient (Wildman–Crippen LogP) is 4.56. The monoisotopic (exact) mass is 496 g/mol. The van der Waals surface area contributed by atoms with Crippen LogP contribution < -0.4 is 11.1 Å². The fourth-order valence-corrected chi connectivity index (χ4v) is 6.11. The molecule has 2 unspecified atom stereocenters. The topological polar surface area (TPSA) is 99.9 Å². The predicted molar refractivity (Wildman–Crippen MR) is 139 cm³/mol. The van der Waals surface area contributed by atoms with Crippen molar-refractivity contribution in [2.24, 2.45) is 5.73 Å². The molecule has 178 valence electrons. The van der Waals surface area contributed by atoms with E-state index in [0.717, 1.165) is 40.8 Å². The lowest BCUT2D eigenvalue weighted by atomic mass is 9.91. The number of carbonyl (C=O) groups is 1. The van der Waals surface area contributed by atoms with Crippen molar-refractivity contribution in [3.63, 3.8) is 0 Å². The van der Waals surface area contributed by atoms with Gasteiger partial charge in [0.05, 0.1) is 10.9 Å². The maximum Gasteiger partial charge on any atom is 0.221 e. The average Bonchev–Trinajstić information content (AvgIpc) is 3.57. The van der Waals surface area contributed by atoms with Crippen LogP contribution in [0.15, 0.2) is 72.4 Å². The molecular formula is C25H29ClN6OS. The summed E-state index contributed by atoms with van der Waals surface area (Å²) in [6.07, 6.45) is 10.1. The Labute approximate surface area is 209 Å². The highest BCUT2D eigenvalue weighted by molar-refractivity contribution is 8.09. The Morgan fingerprint density at radius 1 is 1.35 bits per heavy atom. The van der Waals surface area contributed by atoms with Gasteiger partial charge in [0.2, 0.25) is 5.91 Å². The first kappa shape index (κ1) is 24.3. The fourth-order valence-electron chi connectivity index (χ4n) is 4.60. The molecular weight excluding hydrogens is 468 g/mol. The SMILES string of the molecule is C=C(/C=C(\C=C/N)C1CC(C(c2ccc(Cl)cc2)N2CCCC2)=C(c2nnc[nH]2)S1)NC(C)=O. The second kappa shape index (κ2) is 11.1. The van der Waals surface area contributed by atoms with Crippen LogP contribution in [0.5, 0.6) is 0 Å². The highest BCUT2D eigenvalue weighted by Crippen LogP contribution is 2.51. The Bertz CT molecular complexity index is 1120. The number of rotatable bonds is 8. The summed E-state index contributed by atoms with van der Waals surface area (Å²) in [5, 5.41) is 11.9. The number of aromatic nitrogens is 3. The molecule has 1 amide bonds. The van der Waals surface area contributed by atoms with Crippen molar-refractivity contribution < 1.29 is 4.79 Å². The van der Waals surface area contributed by atoms with E-state index in [1.807, 2.05) is 24.3 Å². The largest absolute Gasteiger partial charge is 0.405 e. The number of amides is 1. The van der Waals surface area contributed by atoms with Crippen molar-refractivity contribution in [1.82, 2.24) is 25.4 Å². The number of hydrogen-bond donors (Lipinski definition) is 3. The normalized spacial score (nSPS) is 20.3. The quantitative estimate of drug-likeness (QED) is 0.463. The van der Waals surface area contributed by atoms with Gasteiger partial charge in [-0.1, -0.05) is 30.3 Å². The van der Waals surface area contributed by atoms with Gasteiger partial charge < -0.3 is 16.0 Å². The third kappa shape index (κ3) is 5.63. The highest BCUT2D eigenvalue weighted by atomic mass is 35.5. The van der Waals surface area contributed by atoms with Gasteiger partial charge in [-0.2, -0.15) is 0 Å². The van der Waals surface area contributed by atoms with E-state index >= 15 is 0 Å². The Morgan fingerprint density at radius 3 is 2.71 bits per heavy atom. The molecule has 1 aromatic heterocycles. The van der Waals surface area contributed by atoms with Crippen LogP contribution in [-0.4, -0.2) is 44.3 Å². The van der Waals surface area contributed by atoms with Gasteiger partial charge in [-0.05, 0) is 79.5 Å². The zero-order valence-electron chi connectivity index (χ0n) is 19.1. The van der Waals surface area contributed by atoms with Crippen LogP contribution in [-0.2, 0) is 4.79 Å². The van der Waals surface area contributed by atoms with Crippen molar-refractivity contribution in [3.05, 3.63) is 88.8 Å². The molecule has 0 saturated carbocycles. The third-order valence-electron chi connectivity index (χ3n) is 5.95. The number of hydrogen-bond acceptors (Lipinski definition) is 6. The molecule has 1 aromatic carbocycles. The summed E-state index contributed by atoms with van der Waals surface area (Å²) in [5.74, 6) is 0.604. The van der Waals surface area contributed by atoms with E-state index in [4.69, 9.17) is 17.3 Å². The lowest BCUT2D eigenvalue weighted by molar-refractivity contribution is -0.118. The van der Waals surface area contributed by atoms with Crippen molar-refractivity contribution in [2.45, 2.75) is 37.5 Å². The van der Waals surface area contributed by atoms with Gasteiger partial charge in [0, 0.05) is 22.9 Å². The van der Waals surface area contributed by atoms with Crippen LogP contribution in [0.4, 0.5) is 0 Å². The Kier molecular flexibility index (Phi) is 7.92. The van der Waals surface area contributed by atoms with Crippen LogP contribution in [0.3, 0.4) is 0 Å². The number of thioether (sulfide) groups is 1.